The van der Waals surface area contributed by atoms with Crippen molar-refractivity contribution in [2.75, 3.05) is 24.9 Å². The summed E-state index contributed by atoms with van der Waals surface area (Å²) in [7, 11) is 3.66. The average molecular weight is 304 g/mol. The van der Waals surface area contributed by atoms with Crippen LogP contribution in [0.3, 0.4) is 0 Å². The zero-order chi connectivity index (χ0) is 15.1. The molecule has 3 aromatic rings. The fraction of sp³-hybridized carbons (Fsp3) is 0.385. The van der Waals surface area contributed by atoms with E-state index in [-0.39, 0.29) is 5.56 Å². The summed E-state index contributed by atoms with van der Waals surface area (Å²) in [6, 6.07) is 1.93. The van der Waals surface area contributed by atoms with Gasteiger partial charge >= 0.3 is 0 Å². The van der Waals surface area contributed by atoms with Crippen molar-refractivity contribution < 1.29 is 0 Å². The number of thioether (sulfide) groups is 1. The molecule has 0 N–H and O–H groups in total. The van der Waals surface area contributed by atoms with Crippen LogP contribution in [0, 0.1) is 6.92 Å². The Bertz CT molecular complexity index is 882. The fourth-order valence-corrected chi connectivity index (χ4v) is 2.90. The number of rotatable bonds is 3. The van der Waals surface area contributed by atoms with Crippen molar-refractivity contribution in [3.8, 4) is 0 Å². The molecule has 0 atom stereocenters. The van der Waals surface area contributed by atoms with E-state index in [4.69, 9.17) is 0 Å². The number of fused-ring (bicyclic) bond motifs is 3. The van der Waals surface area contributed by atoms with Crippen LogP contribution < -0.4 is 10.6 Å². The maximum absolute atomic E-state index is 12.6. The summed E-state index contributed by atoms with van der Waals surface area (Å²) in [6.07, 6.45) is 1.57. The van der Waals surface area contributed by atoms with E-state index in [0.29, 0.717) is 16.3 Å². The molecule has 7 nitrogen and oxygen atoms in total. The first-order valence-electron chi connectivity index (χ1n) is 6.61. The van der Waals surface area contributed by atoms with Crippen LogP contribution in [-0.2, 0) is 0 Å². The number of nitrogens with zero attached hydrogens (tertiary/aromatic N) is 6. The van der Waals surface area contributed by atoms with E-state index < -0.39 is 0 Å². The smallest absolute Gasteiger partial charge is 0.280 e. The maximum Gasteiger partial charge on any atom is 0.280 e. The van der Waals surface area contributed by atoms with E-state index in [1.165, 1.54) is 0 Å². The van der Waals surface area contributed by atoms with Crippen LogP contribution >= 0.6 is 11.8 Å². The van der Waals surface area contributed by atoms with E-state index >= 15 is 0 Å². The molecular formula is C13H16N6OS. The standard InChI is InChI=1S/C13H16N6OS/c1-5-21-13-15-12-14-7-9-10(18(12)16-13)6-8(2)19(11(9)20)17(3)4/h6-7H,5H2,1-4H3. The summed E-state index contributed by atoms with van der Waals surface area (Å²) in [4.78, 5) is 21.2. The topological polar surface area (TPSA) is 68.3 Å². The highest BCUT2D eigenvalue weighted by atomic mass is 32.2. The Kier molecular flexibility index (Phi) is 3.32. The minimum Gasteiger partial charge on any atom is -0.316 e. The molecule has 3 aromatic heterocycles. The van der Waals surface area contributed by atoms with Gasteiger partial charge in [0.15, 0.2) is 0 Å². The number of hydrogen-bond acceptors (Lipinski definition) is 6. The van der Waals surface area contributed by atoms with Gasteiger partial charge in [-0.3, -0.25) is 4.79 Å². The summed E-state index contributed by atoms with van der Waals surface area (Å²) in [5.41, 5.74) is 1.46. The molecule has 0 unspecified atom stereocenters. The van der Waals surface area contributed by atoms with Crippen molar-refractivity contribution in [1.29, 1.82) is 0 Å². The van der Waals surface area contributed by atoms with Gasteiger partial charge in [-0.1, -0.05) is 18.7 Å². The molecule has 21 heavy (non-hydrogen) atoms. The second-order valence-corrected chi connectivity index (χ2v) is 6.08. The van der Waals surface area contributed by atoms with Crippen LogP contribution in [-0.4, -0.2) is 44.1 Å². The number of hydrogen-bond donors (Lipinski definition) is 0. The predicted octanol–water partition coefficient (Wildman–Crippen LogP) is 1.06. The molecule has 3 rings (SSSR count). The maximum atomic E-state index is 12.6. The van der Waals surface area contributed by atoms with E-state index in [2.05, 4.69) is 15.1 Å². The third-order valence-corrected chi connectivity index (χ3v) is 3.88. The first kappa shape index (κ1) is 13.9. The number of pyridine rings is 1. The molecule has 0 aliphatic heterocycles. The molecular weight excluding hydrogens is 288 g/mol. The Morgan fingerprint density at radius 3 is 2.81 bits per heavy atom. The van der Waals surface area contributed by atoms with E-state index in [1.54, 1.807) is 32.2 Å². The Hall–Kier alpha value is -2.09. The van der Waals surface area contributed by atoms with Crippen molar-refractivity contribution in [2.24, 2.45) is 0 Å². The molecule has 3 heterocycles. The lowest BCUT2D eigenvalue weighted by atomic mass is 10.2. The minimum absolute atomic E-state index is 0.107. The average Bonchev–Trinajstić information content (AvgIpc) is 2.81. The predicted molar refractivity (Wildman–Crippen MR) is 83.7 cm³/mol. The highest BCUT2D eigenvalue weighted by Gasteiger charge is 2.13. The zero-order valence-electron chi connectivity index (χ0n) is 12.4. The molecule has 0 spiro atoms. The van der Waals surface area contributed by atoms with Gasteiger partial charge in [0, 0.05) is 26.0 Å². The molecule has 0 radical (unpaired) electrons. The van der Waals surface area contributed by atoms with E-state index in [0.717, 1.165) is 17.0 Å². The highest BCUT2D eigenvalue weighted by molar-refractivity contribution is 7.99. The summed E-state index contributed by atoms with van der Waals surface area (Å²) in [5, 5.41) is 7.38. The van der Waals surface area contributed by atoms with Gasteiger partial charge in [0.05, 0.1) is 10.9 Å². The Morgan fingerprint density at radius 2 is 2.14 bits per heavy atom. The number of aromatic nitrogens is 5. The first-order valence-corrected chi connectivity index (χ1v) is 7.60. The first-order chi connectivity index (χ1) is 10.0. The van der Waals surface area contributed by atoms with Crippen molar-refractivity contribution in [1.82, 2.24) is 24.3 Å². The number of aryl methyl sites for hydroxylation is 1. The molecule has 0 aliphatic rings. The van der Waals surface area contributed by atoms with E-state index in [9.17, 15) is 4.79 Å². The van der Waals surface area contributed by atoms with Gasteiger partial charge in [0.25, 0.3) is 11.3 Å². The second-order valence-electron chi connectivity index (χ2n) is 4.85. The molecule has 8 heteroatoms. The molecule has 0 saturated carbocycles. The summed E-state index contributed by atoms with van der Waals surface area (Å²) >= 11 is 1.55. The monoisotopic (exact) mass is 304 g/mol. The third-order valence-electron chi connectivity index (χ3n) is 3.16. The van der Waals surface area contributed by atoms with Crippen LogP contribution in [0.1, 0.15) is 12.6 Å². The third kappa shape index (κ3) is 2.15. The molecule has 110 valence electrons. The minimum atomic E-state index is -0.107. The Labute approximate surface area is 125 Å². The fourth-order valence-electron chi connectivity index (χ4n) is 2.36. The van der Waals surface area contributed by atoms with Gasteiger partial charge in [0.1, 0.15) is 0 Å². The highest BCUT2D eigenvalue weighted by Crippen LogP contribution is 2.17. The van der Waals surface area contributed by atoms with Gasteiger partial charge in [-0.15, -0.1) is 5.10 Å². The van der Waals surface area contributed by atoms with Crippen LogP contribution in [0.2, 0.25) is 0 Å². The summed E-state index contributed by atoms with van der Waals surface area (Å²) in [6.45, 7) is 3.94. The van der Waals surface area contributed by atoms with Gasteiger partial charge in [0.2, 0.25) is 5.16 Å². The Morgan fingerprint density at radius 1 is 1.38 bits per heavy atom. The zero-order valence-corrected chi connectivity index (χ0v) is 13.2. The van der Waals surface area contributed by atoms with Crippen LogP contribution in [0.15, 0.2) is 22.2 Å². The van der Waals surface area contributed by atoms with Crippen molar-refractivity contribution in [3.63, 3.8) is 0 Å². The summed E-state index contributed by atoms with van der Waals surface area (Å²) in [5.74, 6) is 1.40. The van der Waals surface area contributed by atoms with Gasteiger partial charge < -0.3 is 5.01 Å². The quantitative estimate of drug-likeness (QED) is 0.674. The van der Waals surface area contributed by atoms with E-state index in [1.807, 2.05) is 34.0 Å². The van der Waals surface area contributed by atoms with Gasteiger partial charge in [-0.05, 0) is 18.7 Å². The van der Waals surface area contributed by atoms with Crippen LogP contribution in [0.4, 0.5) is 0 Å². The van der Waals surface area contributed by atoms with Crippen molar-refractivity contribution >= 4 is 28.4 Å². The molecule has 0 aliphatic carbocycles. The lowest BCUT2D eigenvalue weighted by Gasteiger charge is -2.19. The molecule has 0 aromatic carbocycles. The van der Waals surface area contributed by atoms with Gasteiger partial charge in [-0.2, -0.15) is 9.50 Å². The van der Waals surface area contributed by atoms with Crippen LogP contribution in [0.5, 0.6) is 0 Å². The van der Waals surface area contributed by atoms with Crippen molar-refractivity contribution in [2.45, 2.75) is 19.0 Å². The Balaban J connectivity index is 2.38. The molecule has 0 saturated heterocycles. The molecule has 0 amide bonds. The van der Waals surface area contributed by atoms with Gasteiger partial charge in [-0.25, -0.2) is 9.66 Å². The lowest BCUT2D eigenvalue weighted by molar-refractivity contribution is 0.681. The normalized spacial score (nSPS) is 11.4. The second kappa shape index (κ2) is 5.03. The lowest BCUT2D eigenvalue weighted by Crippen LogP contribution is -2.37. The van der Waals surface area contributed by atoms with Crippen LogP contribution in [0.25, 0.3) is 16.7 Å². The SMILES string of the molecule is CCSc1nc2ncc3c(=O)n(N(C)C)c(C)cc3n2n1. The van der Waals surface area contributed by atoms with Crippen molar-refractivity contribution in [3.05, 3.63) is 28.3 Å². The molecule has 0 fully saturated rings. The largest absolute Gasteiger partial charge is 0.316 e. The summed E-state index contributed by atoms with van der Waals surface area (Å²) < 4.78 is 3.25. The molecule has 0 bridgehead atoms.